The molecule has 0 spiro atoms. The van der Waals surface area contributed by atoms with Gasteiger partial charge in [-0.3, -0.25) is 15.1 Å². The van der Waals surface area contributed by atoms with Crippen molar-refractivity contribution in [2.75, 3.05) is 5.32 Å². The number of halogens is 1. The summed E-state index contributed by atoms with van der Waals surface area (Å²) in [5, 5.41) is 5.74. The van der Waals surface area contributed by atoms with Crippen LogP contribution in [0.25, 0.3) is 22.2 Å². The minimum Gasteiger partial charge on any atom is -0.351 e. The molecule has 0 atom stereocenters. The Balaban J connectivity index is 1.56. The molecule has 4 rings (SSSR count). The molecule has 0 aliphatic rings. The van der Waals surface area contributed by atoms with E-state index in [0.29, 0.717) is 21.7 Å². The molecule has 1 amide bonds. The number of hydrogen-bond acceptors (Lipinski definition) is 4. The van der Waals surface area contributed by atoms with Crippen LogP contribution in [0.4, 0.5) is 9.52 Å². The van der Waals surface area contributed by atoms with Gasteiger partial charge in [-0.05, 0) is 36.4 Å². The lowest BCUT2D eigenvalue weighted by atomic mass is 10.2. The SMILES string of the molecule is O=C(Nc1nc(-c2cccnc2)cs1)c1cc2cc(F)ccc2[nH]1. The van der Waals surface area contributed by atoms with Gasteiger partial charge in [0.05, 0.1) is 5.69 Å². The number of amides is 1. The van der Waals surface area contributed by atoms with Crippen molar-refractivity contribution < 1.29 is 9.18 Å². The van der Waals surface area contributed by atoms with E-state index in [9.17, 15) is 9.18 Å². The van der Waals surface area contributed by atoms with Gasteiger partial charge in [-0.1, -0.05) is 0 Å². The minimum absolute atomic E-state index is 0.321. The average Bonchev–Trinajstić information content (AvgIpc) is 3.22. The number of aromatic amines is 1. The molecule has 7 heteroatoms. The molecule has 3 aromatic heterocycles. The Morgan fingerprint density at radius 1 is 1.25 bits per heavy atom. The van der Waals surface area contributed by atoms with E-state index >= 15 is 0 Å². The number of carbonyl (C=O) groups is 1. The van der Waals surface area contributed by atoms with Crippen molar-refractivity contribution in [3.05, 3.63) is 65.7 Å². The van der Waals surface area contributed by atoms with Crippen LogP contribution in [-0.2, 0) is 0 Å². The maximum atomic E-state index is 13.2. The van der Waals surface area contributed by atoms with E-state index in [1.807, 2.05) is 17.5 Å². The Labute approximate surface area is 140 Å². The first-order valence-corrected chi connectivity index (χ1v) is 8.02. The fourth-order valence-electron chi connectivity index (χ4n) is 2.37. The second-order valence-electron chi connectivity index (χ2n) is 5.15. The van der Waals surface area contributed by atoms with E-state index in [1.165, 1.54) is 23.5 Å². The van der Waals surface area contributed by atoms with Crippen LogP contribution in [0.3, 0.4) is 0 Å². The molecule has 1 aromatic carbocycles. The standard InChI is InChI=1S/C17H11FN4OS/c18-12-3-4-13-11(6-12)7-14(20-13)16(23)22-17-21-15(9-24-17)10-2-1-5-19-8-10/h1-9,20H,(H,21,22,23). The molecule has 24 heavy (non-hydrogen) atoms. The van der Waals surface area contributed by atoms with Crippen LogP contribution in [0.15, 0.2) is 54.2 Å². The molecule has 0 radical (unpaired) electrons. The van der Waals surface area contributed by atoms with Crippen molar-refractivity contribution in [3.8, 4) is 11.3 Å². The highest BCUT2D eigenvalue weighted by molar-refractivity contribution is 7.14. The maximum Gasteiger partial charge on any atom is 0.273 e. The lowest BCUT2D eigenvalue weighted by Gasteiger charge is -1.98. The van der Waals surface area contributed by atoms with E-state index in [1.54, 1.807) is 24.5 Å². The third-order valence-corrected chi connectivity index (χ3v) is 4.27. The summed E-state index contributed by atoms with van der Waals surface area (Å²) in [7, 11) is 0. The van der Waals surface area contributed by atoms with E-state index < -0.39 is 0 Å². The number of H-pyrrole nitrogens is 1. The van der Waals surface area contributed by atoms with Gasteiger partial charge in [0.2, 0.25) is 0 Å². The number of anilines is 1. The third kappa shape index (κ3) is 2.77. The zero-order chi connectivity index (χ0) is 16.5. The van der Waals surface area contributed by atoms with Gasteiger partial charge in [-0.15, -0.1) is 11.3 Å². The largest absolute Gasteiger partial charge is 0.351 e. The van der Waals surface area contributed by atoms with Crippen molar-refractivity contribution in [2.24, 2.45) is 0 Å². The number of pyridine rings is 1. The van der Waals surface area contributed by atoms with Crippen molar-refractivity contribution in [3.63, 3.8) is 0 Å². The Kier molecular flexibility index (Phi) is 3.55. The first-order valence-electron chi connectivity index (χ1n) is 7.14. The maximum absolute atomic E-state index is 13.2. The zero-order valence-electron chi connectivity index (χ0n) is 12.3. The number of nitrogens with one attached hydrogen (secondary N) is 2. The molecule has 2 N–H and O–H groups in total. The summed E-state index contributed by atoms with van der Waals surface area (Å²) >= 11 is 1.33. The summed E-state index contributed by atoms with van der Waals surface area (Å²) in [6, 6.07) is 9.68. The fourth-order valence-corrected chi connectivity index (χ4v) is 3.08. The normalized spacial score (nSPS) is 10.9. The summed E-state index contributed by atoms with van der Waals surface area (Å²) in [5.41, 5.74) is 2.70. The zero-order valence-corrected chi connectivity index (χ0v) is 13.1. The van der Waals surface area contributed by atoms with Crippen molar-refractivity contribution in [2.45, 2.75) is 0 Å². The lowest BCUT2D eigenvalue weighted by Crippen LogP contribution is -2.11. The van der Waals surface area contributed by atoms with Crippen LogP contribution >= 0.6 is 11.3 Å². The Hall–Kier alpha value is -3.06. The summed E-state index contributed by atoms with van der Waals surface area (Å²) in [4.78, 5) is 23.7. The van der Waals surface area contributed by atoms with Gasteiger partial charge in [0.25, 0.3) is 5.91 Å². The molecule has 0 aliphatic heterocycles. The number of thiazole rings is 1. The van der Waals surface area contributed by atoms with Gasteiger partial charge < -0.3 is 4.98 Å². The van der Waals surface area contributed by atoms with Crippen LogP contribution in [-0.4, -0.2) is 20.9 Å². The first-order chi connectivity index (χ1) is 11.7. The Morgan fingerprint density at radius 3 is 3.00 bits per heavy atom. The van der Waals surface area contributed by atoms with Gasteiger partial charge >= 0.3 is 0 Å². The van der Waals surface area contributed by atoms with Crippen LogP contribution in [0.5, 0.6) is 0 Å². The number of carbonyl (C=O) groups excluding carboxylic acids is 1. The quantitative estimate of drug-likeness (QED) is 0.591. The fraction of sp³-hybridized carbons (Fsp3) is 0. The molecule has 0 bridgehead atoms. The van der Waals surface area contributed by atoms with Gasteiger partial charge in [0.1, 0.15) is 11.5 Å². The van der Waals surface area contributed by atoms with E-state index in [2.05, 4.69) is 20.3 Å². The molecule has 5 nitrogen and oxygen atoms in total. The number of fused-ring (bicyclic) bond motifs is 1. The molecular formula is C17H11FN4OS. The highest BCUT2D eigenvalue weighted by Crippen LogP contribution is 2.25. The molecule has 0 unspecified atom stereocenters. The van der Waals surface area contributed by atoms with E-state index in [-0.39, 0.29) is 11.7 Å². The minimum atomic E-state index is -0.338. The molecule has 0 saturated heterocycles. The predicted octanol–water partition coefficient (Wildman–Crippen LogP) is 4.08. The number of aromatic nitrogens is 3. The smallest absolute Gasteiger partial charge is 0.273 e. The topological polar surface area (TPSA) is 70.7 Å². The third-order valence-electron chi connectivity index (χ3n) is 3.51. The molecule has 0 saturated carbocycles. The van der Waals surface area contributed by atoms with Crippen LogP contribution < -0.4 is 5.32 Å². The second-order valence-corrected chi connectivity index (χ2v) is 6.01. The van der Waals surface area contributed by atoms with Crippen LogP contribution in [0, 0.1) is 5.82 Å². The first kappa shape index (κ1) is 14.5. The summed E-state index contributed by atoms with van der Waals surface area (Å²) in [5.74, 6) is -0.659. The van der Waals surface area contributed by atoms with Gasteiger partial charge in [0.15, 0.2) is 5.13 Å². The molecular weight excluding hydrogens is 327 g/mol. The summed E-state index contributed by atoms with van der Waals surface area (Å²) in [6.07, 6.45) is 3.41. The second kappa shape index (κ2) is 5.86. The molecule has 0 aliphatic carbocycles. The monoisotopic (exact) mass is 338 g/mol. The van der Waals surface area contributed by atoms with Gasteiger partial charge in [-0.2, -0.15) is 0 Å². The molecule has 0 fully saturated rings. The van der Waals surface area contributed by atoms with Crippen molar-refractivity contribution in [1.82, 2.24) is 15.0 Å². The van der Waals surface area contributed by atoms with Crippen molar-refractivity contribution in [1.29, 1.82) is 0 Å². The molecule has 3 heterocycles. The van der Waals surface area contributed by atoms with E-state index in [0.717, 1.165) is 11.3 Å². The number of hydrogen-bond donors (Lipinski definition) is 2. The highest BCUT2D eigenvalue weighted by atomic mass is 32.1. The Bertz CT molecular complexity index is 1030. The van der Waals surface area contributed by atoms with Crippen LogP contribution in [0.1, 0.15) is 10.5 Å². The molecule has 4 aromatic rings. The van der Waals surface area contributed by atoms with Gasteiger partial charge in [0, 0.05) is 34.2 Å². The summed E-state index contributed by atoms with van der Waals surface area (Å²) < 4.78 is 13.2. The Morgan fingerprint density at radius 2 is 2.17 bits per heavy atom. The highest BCUT2D eigenvalue weighted by Gasteiger charge is 2.13. The van der Waals surface area contributed by atoms with Crippen LogP contribution in [0.2, 0.25) is 0 Å². The lowest BCUT2D eigenvalue weighted by molar-refractivity contribution is 0.102. The van der Waals surface area contributed by atoms with Crippen molar-refractivity contribution >= 4 is 33.3 Å². The average molecular weight is 338 g/mol. The molecule has 118 valence electrons. The number of rotatable bonds is 3. The van der Waals surface area contributed by atoms with Gasteiger partial charge in [-0.25, -0.2) is 9.37 Å². The summed E-state index contributed by atoms with van der Waals surface area (Å²) in [6.45, 7) is 0. The van der Waals surface area contributed by atoms with E-state index in [4.69, 9.17) is 0 Å². The number of nitrogens with zero attached hydrogens (tertiary/aromatic N) is 2. The number of benzene rings is 1. The predicted molar refractivity (Wildman–Crippen MR) is 91.6 cm³/mol.